The maximum absolute atomic E-state index is 12.1. The average Bonchev–Trinajstić information content (AvgIpc) is 3.31. The van der Waals surface area contributed by atoms with Crippen LogP contribution in [0, 0.1) is 0 Å². The van der Waals surface area contributed by atoms with E-state index in [4.69, 9.17) is 23.4 Å². The van der Waals surface area contributed by atoms with Gasteiger partial charge in [-0.15, -0.1) is 0 Å². The van der Waals surface area contributed by atoms with E-state index in [2.05, 4.69) is 4.99 Å². The number of carbonyl (C=O) groups excluding carboxylic acids is 2. The highest BCUT2D eigenvalue weighted by atomic mass is 16.6. The number of furan rings is 1. The molecule has 0 aliphatic carbocycles. The molecule has 0 N–H and O–H groups in total. The van der Waals surface area contributed by atoms with Crippen LogP contribution >= 0.6 is 0 Å². The molecule has 8 heteroatoms. The number of nitrogens with zero attached hydrogens (tertiary/aromatic N) is 1. The second-order valence-corrected chi connectivity index (χ2v) is 5.29. The third-order valence-corrected chi connectivity index (χ3v) is 3.51. The molecule has 0 amide bonds. The quantitative estimate of drug-likeness (QED) is 0.545. The molecule has 0 saturated heterocycles. The van der Waals surface area contributed by atoms with Crippen LogP contribution in [0.2, 0.25) is 0 Å². The molecule has 1 aliphatic heterocycles. The standard InChI is InChI=1S/C19H17NO7/c1-3-24-16(21)11-26-17-12(6-4-7-14(17)23-2)10-13-19(22)27-18(20-13)15-8-5-9-25-15/h4-10H,3,11H2,1-2H3/b13-10-. The zero-order valence-corrected chi connectivity index (χ0v) is 14.8. The molecule has 1 aromatic heterocycles. The Hall–Kier alpha value is -3.55. The number of aliphatic imine (C=N–C) groups is 1. The highest BCUT2D eigenvalue weighted by Crippen LogP contribution is 2.33. The molecule has 2 heterocycles. The maximum atomic E-state index is 12.1. The van der Waals surface area contributed by atoms with E-state index < -0.39 is 11.9 Å². The van der Waals surface area contributed by atoms with E-state index >= 15 is 0 Å². The number of carbonyl (C=O) groups is 2. The van der Waals surface area contributed by atoms with Crippen LogP contribution in [0.25, 0.3) is 6.08 Å². The van der Waals surface area contributed by atoms with Crippen LogP contribution in [0.4, 0.5) is 0 Å². The van der Waals surface area contributed by atoms with Gasteiger partial charge in [0, 0.05) is 5.56 Å². The number of hydrogen-bond acceptors (Lipinski definition) is 8. The minimum Gasteiger partial charge on any atom is -0.493 e. The van der Waals surface area contributed by atoms with Crippen molar-refractivity contribution < 1.29 is 33.0 Å². The molecule has 27 heavy (non-hydrogen) atoms. The summed E-state index contributed by atoms with van der Waals surface area (Å²) in [6, 6.07) is 8.39. The van der Waals surface area contributed by atoms with E-state index in [0.29, 0.717) is 17.1 Å². The molecule has 2 aromatic rings. The molecule has 1 aromatic carbocycles. The zero-order valence-electron chi connectivity index (χ0n) is 14.8. The smallest absolute Gasteiger partial charge is 0.363 e. The zero-order chi connectivity index (χ0) is 19.2. The van der Waals surface area contributed by atoms with Crippen LogP contribution in [0.15, 0.2) is 51.7 Å². The average molecular weight is 371 g/mol. The molecular formula is C19H17NO7. The van der Waals surface area contributed by atoms with Crippen LogP contribution < -0.4 is 9.47 Å². The van der Waals surface area contributed by atoms with E-state index in [1.165, 1.54) is 19.4 Å². The summed E-state index contributed by atoms with van der Waals surface area (Å²) in [6.45, 7) is 1.66. The normalized spacial score (nSPS) is 14.7. The minimum atomic E-state index is -0.624. The summed E-state index contributed by atoms with van der Waals surface area (Å²) in [4.78, 5) is 27.8. The van der Waals surface area contributed by atoms with Crippen LogP contribution in [0.1, 0.15) is 18.2 Å². The van der Waals surface area contributed by atoms with Gasteiger partial charge >= 0.3 is 11.9 Å². The summed E-state index contributed by atoms with van der Waals surface area (Å²) >= 11 is 0. The molecule has 3 rings (SSSR count). The van der Waals surface area contributed by atoms with Gasteiger partial charge in [0.25, 0.3) is 5.90 Å². The summed E-state index contributed by atoms with van der Waals surface area (Å²) in [5, 5.41) is 0. The Morgan fingerprint density at radius 2 is 2.11 bits per heavy atom. The Kier molecular flexibility index (Phi) is 5.55. The Bertz CT molecular complexity index is 897. The predicted molar refractivity (Wildman–Crippen MR) is 94.4 cm³/mol. The Morgan fingerprint density at radius 3 is 2.81 bits per heavy atom. The molecule has 0 radical (unpaired) electrons. The summed E-state index contributed by atoms with van der Waals surface area (Å²) in [7, 11) is 1.47. The fraction of sp³-hybridized carbons (Fsp3) is 0.211. The molecule has 0 unspecified atom stereocenters. The summed E-state index contributed by atoms with van der Waals surface area (Å²) in [5.74, 6) is -0.0319. The van der Waals surface area contributed by atoms with Gasteiger partial charge in [0.1, 0.15) is 0 Å². The number of ether oxygens (including phenoxy) is 4. The van der Waals surface area contributed by atoms with Crippen molar-refractivity contribution >= 4 is 23.9 Å². The Morgan fingerprint density at radius 1 is 1.26 bits per heavy atom. The first-order valence-electron chi connectivity index (χ1n) is 8.14. The largest absolute Gasteiger partial charge is 0.493 e. The minimum absolute atomic E-state index is 0.0654. The van der Waals surface area contributed by atoms with Crippen LogP contribution in [-0.2, 0) is 19.1 Å². The number of benzene rings is 1. The first-order chi connectivity index (χ1) is 13.1. The number of rotatable bonds is 7. The monoisotopic (exact) mass is 371 g/mol. The van der Waals surface area contributed by atoms with Gasteiger partial charge in [-0.1, -0.05) is 12.1 Å². The molecule has 0 bridgehead atoms. The van der Waals surface area contributed by atoms with Gasteiger partial charge in [-0.3, -0.25) is 0 Å². The van der Waals surface area contributed by atoms with E-state index in [-0.39, 0.29) is 30.6 Å². The van der Waals surface area contributed by atoms with Crippen LogP contribution in [0.3, 0.4) is 0 Å². The van der Waals surface area contributed by atoms with Crippen molar-refractivity contribution in [1.82, 2.24) is 0 Å². The number of cyclic esters (lactones) is 1. The second-order valence-electron chi connectivity index (χ2n) is 5.29. The predicted octanol–water partition coefficient (Wildman–Crippen LogP) is 2.57. The fourth-order valence-electron chi connectivity index (χ4n) is 2.36. The molecular weight excluding hydrogens is 354 g/mol. The lowest BCUT2D eigenvalue weighted by atomic mass is 10.1. The van der Waals surface area contributed by atoms with E-state index in [0.717, 1.165) is 0 Å². The highest BCUT2D eigenvalue weighted by molar-refractivity contribution is 6.12. The van der Waals surface area contributed by atoms with E-state index in [1.54, 1.807) is 37.3 Å². The number of para-hydroxylation sites is 1. The third-order valence-electron chi connectivity index (χ3n) is 3.51. The van der Waals surface area contributed by atoms with Crippen LogP contribution in [0.5, 0.6) is 11.5 Å². The molecule has 140 valence electrons. The lowest BCUT2D eigenvalue weighted by Gasteiger charge is -2.12. The van der Waals surface area contributed by atoms with Crippen molar-refractivity contribution in [2.45, 2.75) is 6.92 Å². The molecule has 1 aliphatic rings. The number of methoxy groups -OCH3 is 1. The van der Waals surface area contributed by atoms with Crippen molar-refractivity contribution in [3.05, 3.63) is 53.6 Å². The van der Waals surface area contributed by atoms with Crippen LogP contribution in [-0.4, -0.2) is 38.2 Å². The summed E-state index contributed by atoms with van der Waals surface area (Å²) in [5.41, 5.74) is 0.561. The first kappa shape index (κ1) is 18.2. The van der Waals surface area contributed by atoms with Gasteiger partial charge in [0.15, 0.2) is 29.6 Å². The molecule has 0 saturated carbocycles. The van der Waals surface area contributed by atoms with Gasteiger partial charge in [0.05, 0.1) is 20.0 Å². The lowest BCUT2D eigenvalue weighted by Crippen LogP contribution is -2.15. The van der Waals surface area contributed by atoms with Gasteiger partial charge in [0.2, 0.25) is 0 Å². The molecule has 0 fully saturated rings. The second kappa shape index (κ2) is 8.22. The van der Waals surface area contributed by atoms with Crippen molar-refractivity contribution in [3.8, 4) is 11.5 Å². The van der Waals surface area contributed by atoms with Gasteiger partial charge in [-0.05, 0) is 31.2 Å². The van der Waals surface area contributed by atoms with Crippen molar-refractivity contribution in [3.63, 3.8) is 0 Å². The van der Waals surface area contributed by atoms with Crippen molar-refractivity contribution in [1.29, 1.82) is 0 Å². The Balaban J connectivity index is 1.90. The van der Waals surface area contributed by atoms with E-state index in [9.17, 15) is 9.59 Å². The maximum Gasteiger partial charge on any atom is 0.363 e. The number of esters is 2. The number of hydrogen-bond donors (Lipinski definition) is 0. The van der Waals surface area contributed by atoms with Crippen molar-refractivity contribution in [2.75, 3.05) is 20.3 Å². The molecule has 8 nitrogen and oxygen atoms in total. The third kappa shape index (κ3) is 4.17. The summed E-state index contributed by atoms with van der Waals surface area (Å²) in [6.07, 6.45) is 2.94. The topological polar surface area (TPSA) is 96.6 Å². The SMILES string of the molecule is CCOC(=O)COc1c(/C=C2\N=C(c3ccco3)OC2=O)cccc1OC. The highest BCUT2D eigenvalue weighted by Gasteiger charge is 2.26. The van der Waals surface area contributed by atoms with Gasteiger partial charge in [-0.2, -0.15) is 0 Å². The van der Waals surface area contributed by atoms with Crippen molar-refractivity contribution in [2.24, 2.45) is 4.99 Å². The summed E-state index contributed by atoms with van der Waals surface area (Å²) < 4.78 is 26.0. The van der Waals surface area contributed by atoms with E-state index in [1.807, 2.05) is 0 Å². The lowest BCUT2D eigenvalue weighted by molar-refractivity contribution is -0.145. The fourth-order valence-corrected chi connectivity index (χ4v) is 2.36. The Labute approximate surface area is 155 Å². The molecule has 0 atom stereocenters. The first-order valence-corrected chi connectivity index (χ1v) is 8.14. The van der Waals surface area contributed by atoms with Gasteiger partial charge in [-0.25, -0.2) is 14.6 Å². The van der Waals surface area contributed by atoms with Gasteiger partial charge < -0.3 is 23.4 Å². The molecule has 0 spiro atoms.